The van der Waals surface area contributed by atoms with E-state index in [-0.39, 0.29) is 20.0 Å². The maximum absolute atomic E-state index is 12.6. The molecule has 0 saturated heterocycles. The zero-order valence-corrected chi connectivity index (χ0v) is 15.5. The maximum Gasteiger partial charge on any atom is 0.264 e. The first-order chi connectivity index (χ1) is 10.8. The largest absolute Gasteiger partial charge is 0.279 e. The number of halogens is 3. The molecule has 1 heterocycles. The van der Waals surface area contributed by atoms with Crippen molar-refractivity contribution < 1.29 is 8.42 Å². The summed E-state index contributed by atoms with van der Waals surface area (Å²) in [4.78, 5) is 4.13. The van der Waals surface area contributed by atoms with Crippen LogP contribution in [-0.2, 0) is 10.0 Å². The topological polar surface area (TPSA) is 59.1 Å². The normalized spacial score (nSPS) is 11.8. The van der Waals surface area contributed by atoms with E-state index in [1.807, 2.05) is 13.0 Å². The predicted octanol–water partition coefficient (Wildman–Crippen LogP) is 5.37. The fourth-order valence-electron chi connectivity index (χ4n) is 2.10. The van der Waals surface area contributed by atoms with Crippen molar-refractivity contribution in [3.05, 3.63) is 50.4 Å². The molecule has 23 heavy (non-hydrogen) atoms. The Kier molecular flexibility index (Phi) is 4.46. The molecule has 0 aliphatic rings. The minimum Gasteiger partial charge on any atom is -0.279 e. The van der Waals surface area contributed by atoms with Gasteiger partial charge in [-0.25, -0.2) is 13.4 Å². The molecule has 3 rings (SSSR count). The molecule has 2 aromatic carbocycles. The summed E-state index contributed by atoms with van der Waals surface area (Å²) >= 11 is 19.3. The van der Waals surface area contributed by atoms with E-state index in [4.69, 9.17) is 34.8 Å². The van der Waals surface area contributed by atoms with Crippen LogP contribution in [0.25, 0.3) is 10.2 Å². The van der Waals surface area contributed by atoms with Gasteiger partial charge in [-0.05, 0) is 37.3 Å². The molecule has 0 spiro atoms. The third-order valence-electron chi connectivity index (χ3n) is 2.98. The summed E-state index contributed by atoms with van der Waals surface area (Å²) in [6, 6.07) is 7.79. The van der Waals surface area contributed by atoms with E-state index in [2.05, 4.69) is 9.71 Å². The summed E-state index contributed by atoms with van der Waals surface area (Å²) in [7, 11) is -3.95. The number of hydrogen-bond acceptors (Lipinski definition) is 4. The van der Waals surface area contributed by atoms with Gasteiger partial charge in [-0.15, -0.1) is 11.3 Å². The van der Waals surface area contributed by atoms with Gasteiger partial charge in [0.1, 0.15) is 4.90 Å². The van der Waals surface area contributed by atoms with Crippen LogP contribution >= 0.6 is 46.1 Å². The summed E-state index contributed by atoms with van der Waals surface area (Å²) in [6.45, 7) is 1.89. The Morgan fingerprint density at radius 2 is 1.74 bits per heavy atom. The zero-order valence-electron chi connectivity index (χ0n) is 11.6. The number of aryl methyl sites for hydroxylation is 1. The average Bonchev–Trinajstić information content (AvgIpc) is 2.75. The fraction of sp³-hybridized carbons (Fsp3) is 0.0714. The third-order valence-corrected chi connectivity index (χ3v) is 6.45. The summed E-state index contributed by atoms with van der Waals surface area (Å²) in [5.41, 5.74) is 1.10. The van der Waals surface area contributed by atoms with Gasteiger partial charge in [0.25, 0.3) is 10.0 Å². The molecule has 1 aromatic heterocycles. The first-order valence-corrected chi connectivity index (χ1v) is 9.74. The number of fused-ring (bicyclic) bond motifs is 1. The SMILES string of the molecule is Cc1nc2cc(NS(=O)(=O)c3c(Cl)cc(Cl)cc3Cl)ccc2s1. The first-order valence-electron chi connectivity index (χ1n) is 6.31. The molecule has 0 aliphatic heterocycles. The number of benzene rings is 2. The summed E-state index contributed by atoms with van der Waals surface area (Å²) in [5.74, 6) is 0. The van der Waals surface area contributed by atoms with Crippen LogP contribution < -0.4 is 4.72 Å². The lowest BCUT2D eigenvalue weighted by Gasteiger charge is -2.11. The molecule has 0 radical (unpaired) electrons. The molecule has 1 N–H and O–H groups in total. The van der Waals surface area contributed by atoms with Crippen molar-refractivity contribution in [2.45, 2.75) is 11.8 Å². The molecule has 0 unspecified atom stereocenters. The summed E-state index contributed by atoms with van der Waals surface area (Å²) in [5, 5.41) is 1.09. The Bertz CT molecular complexity index is 993. The molecule has 0 aliphatic carbocycles. The van der Waals surface area contributed by atoms with Gasteiger partial charge in [-0.1, -0.05) is 34.8 Å². The van der Waals surface area contributed by atoms with Gasteiger partial charge >= 0.3 is 0 Å². The van der Waals surface area contributed by atoms with Crippen molar-refractivity contribution in [3.63, 3.8) is 0 Å². The highest BCUT2D eigenvalue weighted by Gasteiger charge is 2.23. The van der Waals surface area contributed by atoms with Crippen LogP contribution in [-0.4, -0.2) is 13.4 Å². The van der Waals surface area contributed by atoms with Gasteiger partial charge < -0.3 is 0 Å². The lowest BCUT2D eigenvalue weighted by atomic mass is 10.3. The average molecular weight is 408 g/mol. The Balaban J connectivity index is 2.03. The van der Waals surface area contributed by atoms with Gasteiger partial charge in [-0.3, -0.25) is 4.72 Å². The highest BCUT2D eigenvalue weighted by molar-refractivity contribution is 7.93. The highest BCUT2D eigenvalue weighted by atomic mass is 35.5. The number of rotatable bonds is 3. The molecule has 0 bridgehead atoms. The second kappa shape index (κ2) is 6.11. The van der Waals surface area contributed by atoms with Crippen molar-refractivity contribution in [1.82, 2.24) is 4.98 Å². The van der Waals surface area contributed by atoms with E-state index in [1.165, 1.54) is 23.5 Å². The van der Waals surface area contributed by atoms with Crippen LogP contribution in [0.1, 0.15) is 5.01 Å². The van der Waals surface area contributed by atoms with E-state index >= 15 is 0 Å². The molecule has 3 aromatic rings. The lowest BCUT2D eigenvalue weighted by molar-refractivity contribution is 0.601. The molecule has 0 atom stereocenters. The smallest absolute Gasteiger partial charge is 0.264 e. The van der Waals surface area contributed by atoms with Crippen molar-refractivity contribution in [3.8, 4) is 0 Å². The first kappa shape index (κ1) is 16.8. The van der Waals surface area contributed by atoms with Gasteiger partial charge in [0.2, 0.25) is 0 Å². The molecular weight excluding hydrogens is 399 g/mol. The van der Waals surface area contributed by atoms with Crippen molar-refractivity contribution in [1.29, 1.82) is 0 Å². The number of aromatic nitrogens is 1. The molecule has 0 fully saturated rings. The van der Waals surface area contributed by atoms with Crippen LogP contribution in [0.2, 0.25) is 15.1 Å². The number of nitrogens with one attached hydrogen (secondary N) is 1. The summed E-state index contributed by atoms with van der Waals surface area (Å²) in [6.07, 6.45) is 0. The van der Waals surface area contributed by atoms with Gasteiger partial charge in [0, 0.05) is 5.02 Å². The standard InChI is InChI=1S/C14H9Cl3N2O2S2/c1-7-18-12-6-9(2-3-13(12)22-7)19-23(20,21)14-10(16)4-8(15)5-11(14)17/h2-6,19H,1H3. The molecule has 0 saturated carbocycles. The monoisotopic (exact) mass is 406 g/mol. The van der Waals surface area contributed by atoms with Crippen LogP contribution in [0.4, 0.5) is 5.69 Å². The Hall–Kier alpha value is -1.05. The molecule has 9 heteroatoms. The van der Waals surface area contributed by atoms with Crippen LogP contribution in [0, 0.1) is 6.92 Å². The van der Waals surface area contributed by atoms with Crippen molar-refractivity contribution in [2.24, 2.45) is 0 Å². The van der Waals surface area contributed by atoms with E-state index < -0.39 is 10.0 Å². The van der Waals surface area contributed by atoms with E-state index in [0.29, 0.717) is 5.69 Å². The number of sulfonamides is 1. The highest BCUT2D eigenvalue weighted by Crippen LogP contribution is 2.34. The van der Waals surface area contributed by atoms with Gasteiger partial charge in [-0.2, -0.15) is 0 Å². The van der Waals surface area contributed by atoms with Crippen molar-refractivity contribution in [2.75, 3.05) is 4.72 Å². The second-order valence-electron chi connectivity index (χ2n) is 4.72. The van der Waals surface area contributed by atoms with Crippen LogP contribution in [0.5, 0.6) is 0 Å². The quantitative estimate of drug-likeness (QED) is 0.635. The lowest BCUT2D eigenvalue weighted by Crippen LogP contribution is -2.14. The second-order valence-corrected chi connectivity index (χ2v) is 8.82. The number of anilines is 1. The number of nitrogens with zero attached hydrogens (tertiary/aromatic N) is 1. The zero-order chi connectivity index (χ0) is 16.8. The van der Waals surface area contributed by atoms with Crippen molar-refractivity contribution >= 4 is 72.1 Å². The predicted molar refractivity (Wildman–Crippen MR) is 96.6 cm³/mol. The van der Waals surface area contributed by atoms with Crippen LogP contribution in [0.3, 0.4) is 0 Å². The minimum absolute atomic E-state index is 0.0411. The maximum atomic E-state index is 12.6. The van der Waals surface area contributed by atoms with E-state index in [0.717, 1.165) is 15.2 Å². The molecular formula is C14H9Cl3N2O2S2. The molecule has 120 valence electrons. The third kappa shape index (κ3) is 3.41. The Labute approximate surface area is 152 Å². The Morgan fingerprint density at radius 1 is 1.09 bits per heavy atom. The van der Waals surface area contributed by atoms with Crippen LogP contribution in [0.15, 0.2) is 35.2 Å². The minimum atomic E-state index is -3.95. The number of hydrogen-bond donors (Lipinski definition) is 1. The fourth-order valence-corrected chi connectivity index (χ4v) is 5.50. The molecule has 4 nitrogen and oxygen atoms in total. The van der Waals surface area contributed by atoms with Gasteiger partial charge in [0.05, 0.1) is 31.0 Å². The van der Waals surface area contributed by atoms with E-state index in [9.17, 15) is 8.42 Å². The summed E-state index contributed by atoms with van der Waals surface area (Å²) < 4.78 is 28.6. The van der Waals surface area contributed by atoms with E-state index in [1.54, 1.807) is 12.1 Å². The number of thiazole rings is 1. The van der Waals surface area contributed by atoms with Gasteiger partial charge in [0.15, 0.2) is 0 Å². The molecule has 0 amide bonds. The Morgan fingerprint density at radius 3 is 2.39 bits per heavy atom.